The number of nitrogens with one attached hydrogen (secondary N) is 1. The molecule has 0 spiro atoms. The normalized spacial score (nSPS) is 17.2. The second-order valence-corrected chi connectivity index (χ2v) is 5.81. The minimum atomic E-state index is -0.178. The average molecular weight is 303 g/mol. The quantitative estimate of drug-likeness (QED) is 0.611. The van der Waals surface area contributed by atoms with Gasteiger partial charge in [0.25, 0.3) is 0 Å². The van der Waals surface area contributed by atoms with Crippen LogP contribution in [0.1, 0.15) is 17.5 Å². The molecular weight excluding hydrogens is 278 g/mol. The van der Waals surface area contributed by atoms with E-state index in [4.69, 9.17) is 5.73 Å². The van der Waals surface area contributed by atoms with Crippen molar-refractivity contribution in [2.75, 3.05) is 33.2 Å². The zero-order chi connectivity index (χ0) is 16.1. The molecule has 6 nitrogen and oxygen atoms in total. The van der Waals surface area contributed by atoms with Crippen molar-refractivity contribution < 1.29 is 4.79 Å². The van der Waals surface area contributed by atoms with Crippen LogP contribution in [0.5, 0.6) is 0 Å². The lowest BCUT2D eigenvalue weighted by atomic mass is 10.1. The van der Waals surface area contributed by atoms with Crippen molar-refractivity contribution in [3.05, 3.63) is 29.3 Å². The summed E-state index contributed by atoms with van der Waals surface area (Å²) in [4.78, 5) is 20.6. The highest BCUT2D eigenvalue weighted by atomic mass is 16.2. The van der Waals surface area contributed by atoms with Gasteiger partial charge in [-0.25, -0.2) is 9.79 Å². The fourth-order valence-electron chi connectivity index (χ4n) is 2.57. The SMILES string of the molecule is Cc1cccc(C)c1N=C(N)NC(=O)N1CCCN(C)CC1. The van der Waals surface area contributed by atoms with Crippen LogP contribution in [-0.2, 0) is 0 Å². The molecule has 0 unspecified atom stereocenters. The smallest absolute Gasteiger partial charge is 0.324 e. The van der Waals surface area contributed by atoms with Crippen molar-refractivity contribution >= 4 is 17.7 Å². The fraction of sp³-hybridized carbons (Fsp3) is 0.500. The molecule has 1 saturated heterocycles. The van der Waals surface area contributed by atoms with Crippen LogP contribution in [0.4, 0.5) is 10.5 Å². The van der Waals surface area contributed by atoms with E-state index in [1.165, 1.54) is 0 Å². The molecule has 0 aliphatic carbocycles. The Kier molecular flexibility index (Phi) is 5.38. The van der Waals surface area contributed by atoms with Gasteiger partial charge in [-0.05, 0) is 45.0 Å². The molecule has 0 atom stereocenters. The van der Waals surface area contributed by atoms with Crippen molar-refractivity contribution in [1.82, 2.24) is 15.1 Å². The van der Waals surface area contributed by atoms with Crippen molar-refractivity contribution in [3.8, 4) is 0 Å². The molecule has 0 aromatic heterocycles. The third-order valence-electron chi connectivity index (χ3n) is 3.91. The van der Waals surface area contributed by atoms with E-state index in [9.17, 15) is 4.79 Å². The van der Waals surface area contributed by atoms with Gasteiger partial charge in [0.05, 0.1) is 5.69 Å². The zero-order valence-corrected chi connectivity index (χ0v) is 13.6. The summed E-state index contributed by atoms with van der Waals surface area (Å²) in [5, 5.41) is 2.69. The summed E-state index contributed by atoms with van der Waals surface area (Å²) in [6.07, 6.45) is 0.970. The molecule has 2 rings (SSSR count). The van der Waals surface area contributed by atoms with E-state index in [0.717, 1.165) is 42.9 Å². The Morgan fingerprint density at radius 1 is 1.18 bits per heavy atom. The number of hydrogen-bond donors (Lipinski definition) is 2. The zero-order valence-electron chi connectivity index (χ0n) is 13.6. The average Bonchev–Trinajstić information content (AvgIpc) is 2.68. The van der Waals surface area contributed by atoms with E-state index < -0.39 is 0 Å². The molecule has 1 fully saturated rings. The van der Waals surface area contributed by atoms with E-state index in [-0.39, 0.29) is 12.0 Å². The van der Waals surface area contributed by atoms with E-state index in [2.05, 4.69) is 22.3 Å². The number of amides is 2. The van der Waals surface area contributed by atoms with Crippen LogP contribution in [-0.4, -0.2) is 55.0 Å². The maximum absolute atomic E-state index is 12.3. The Morgan fingerprint density at radius 2 is 1.86 bits per heavy atom. The maximum Gasteiger partial charge on any atom is 0.324 e. The highest BCUT2D eigenvalue weighted by Crippen LogP contribution is 2.22. The number of carbonyl (C=O) groups is 1. The number of nitrogens with two attached hydrogens (primary N) is 1. The molecule has 120 valence electrons. The first-order chi connectivity index (χ1) is 10.5. The Hall–Kier alpha value is -2.08. The molecule has 1 aromatic rings. The number of aliphatic imine (C=N–C) groups is 1. The van der Waals surface area contributed by atoms with Gasteiger partial charge in [-0.15, -0.1) is 0 Å². The van der Waals surface area contributed by atoms with Gasteiger partial charge in [0, 0.05) is 19.6 Å². The number of nitrogens with zero attached hydrogens (tertiary/aromatic N) is 3. The Bertz CT molecular complexity index is 549. The standard InChI is InChI=1S/C16H25N5O/c1-12-6-4-7-13(2)14(12)18-15(17)19-16(22)21-9-5-8-20(3)10-11-21/h4,6-7H,5,8-11H2,1-3H3,(H3,17,18,19,22). The molecule has 22 heavy (non-hydrogen) atoms. The van der Waals surface area contributed by atoms with E-state index in [1.807, 2.05) is 32.0 Å². The molecule has 0 bridgehead atoms. The van der Waals surface area contributed by atoms with Gasteiger partial charge in [0.15, 0.2) is 0 Å². The van der Waals surface area contributed by atoms with E-state index in [0.29, 0.717) is 6.54 Å². The number of guanidine groups is 1. The molecular formula is C16H25N5O. The first-order valence-corrected chi connectivity index (χ1v) is 7.62. The van der Waals surface area contributed by atoms with Gasteiger partial charge in [0.1, 0.15) is 0 Å². The summed E-state index contributed by atoms with van der Waals surface area (Å²) in [5.41, 5.74) is 8.79. The number of urea groups is 1. The number of hydrogen-bond acceptors (Lipinski definition) is 3. The van der Waals surface area contributed by atoms with Crippen molar-refractivity contribution in [2.24, 2.45) is 10.7 Å². The van der Waals surface area contributed by atoms with Crippen LogP contribution in [0.25, 0.3) is 0 Å². The van der Waals surface area contributed by atoms with Gasteiger partial charge in [-0.3, -0.25) is 5.32 Å². The number of likely N-dealkylation sites (N-methyl/N-ethyl adjacent to an activating group) is 1. The number of para-hydroxylation sites is 1. The third-order valence-corrected chi connectivity index (χ3v) is 3.91. The lowest BCUT2D eigenvalue weighted by Gasteiger charge is -2.20. The monoisotopic (exact) mass is 303 g/mol. The summed E-state index contributed by atoms with van der Waals surface area (Å²) >= 11 is 0. The Labute approximate surface area is 132 Å². The minimum Gasteiger partial charge on any atom is -0.369 e. The van der Waals surface area contributed by atoms with Gasteiger partial charge in [-0.2, -0.15) is 0 Å². The summed E-state index contributed by atoms with van der Waals surface area (Å²) in [6.45, 7) is 7.29. The first kappa shape index (κ1) is 16.3. The van der Waals surface area contributed by atoms with E-state index in [1.54, 1.807) is 4.90 Å². The Morgan fingerprint density at radius 3 is 2.55 bits per heavy atom. The highest BCUT2D eigenvalue weighted by Gasteiger charge is 2.17. The fourth-order valence-corrected chi connectivity index (χ4v) is 2.57. The molecule has 1 aromatic carbocycles. The topological polar surface area (TPSA) is 74.0 Å². The molecule has 6 heteroatoms. The Balaban J connectivity index is 2.03. The molecule has 0 radical (unpaired) electrons. The third kappa shape index (κ3) is 4.21. The van der Waals surface area contributed by atoms with Gasteiger partial charge < -0.3 is 15.5 Å². The van der Waals surface area contributed by atoms with Crippen LogP contribution in [0.2, 0.25) is 0 Å². The van der Waals surface area contributed by atoms with Crippen LogP contribution in [0.3, 0.4) is 0 Å². The van der Waals surface area contributed by atoms with Gasteiger partial charge in [0.2, 0.25) is 5.96 Å². The van der Waals surface area contributed by atoms with Crippen molar-refractivity contribution in [3.63, 3.8) is 0 Å². The van der Waals surface area contributed by atoms with Crippen LogP contribution in [0, 0.1) is 13.8 Å². The van der Waals surface area contributed by atoms with Gasteiger partial charge in [-0.1, -0.05) is 18.2 Å². The largest absolute Gasteiger partial charge is 0.369 e. The summed E-state index contributed by atoms with van der Waals surface area (Å²) in [7, 11) is 2.07. The van der Waals surface area contributed by atoms with Crippen molar-refractivity contribution in [1.29, 1.82) is 0 Å². The summed E-state index contributed by atoms with van der Waals surface area (Å²) in [6, 6.07) is 5.76. The predicted molar refractivity (Wildman–Crippen MR) is 89.4 cm³/mol. The van der Waals surface area contributed by atoms with Crippen LogP contribution in [0.15, 0.2) is 23.2 Å². The molecule has 1 aliphatic heterocycles. The molecule has 2 amide bonds. The predicted octanol–water partition coefficient (Wildman–Crippen LogP) is 1.60. The second-order valence-electron chi connectivity index (χ2n) is 5.81. The molecule has 0 saturated carbocycles. The summed E-state index contributed by atoms with van der Waals surface area (Å²) in [5.74, 6) is 0.139. The summed E-state index contributed by atoms with van der Waals surface area (Å²) < 4.78 is 0. The minimum absolute atomic E-state index is 0.139. The number of carbonyl (C=O) groups excluding carboxylic acids is 1. The van der Waals surface area contributed by atoms with Crippen LogP contribution < -0.4 is 11.1 Å². The number of aryl methyl sites for hydroxylation is 2. The number of benzene rings is 1. The number of rotatable bonds is 1. The maximum atomic E-state index is 12.3. The molecule has 1 aliphatic rings. The lowest BCUT2D eigenvalue weighted by molar-refractivity contribution is 0.204. The van der Waals surface area contributed by atoms with Crippen molar-refractivity contribution in [2.45, 2.75) is 20.3 Å². The van der Waals surface area contributed by atoms with Crippen LogP contribution >= 0.6 is 0 Å². The molecule has 1 heterocycles. The van der Waals surface area contributed by atoms with Gasteiger partial charge >= 0.3 is 6.03 Å². The lowest BCUT2D eigenvalue weighted by Crippen LogP contribution is -2.46. The molecule has 3 N–H and O–H groups in total. The highest BCUT2D eigenvalue weighted by molar-refractivity contribution is 5.96. The van der Waals surface area contributed by atoms with E-state index >= 15 is 0 Å². The first-order valence-electron chi connectivity index (χ1n) is 7.62. The second kappa shape index (κ2) is 7.26.